The number of carboxylic acid groups (broad SMARTS) is 1. The number of aliphatic carboxylic acids is 1. The number of fused-ring (bicyclic) bond motifs is 3. The number of benzene rings is 1. The molecule has 1 aromatic heterocycles. The van der Waals surface area contributed by atoms with E-state index in [-0.39, 0.29) is 5.91 Å². The van der Waals surface area contributed by atoms with Crippen LogP contribution >= 0.6 is 11.3 Å². The number of anilines is 1. The van der Waals surface area contributed by atoms with Gasteiger partial charge in [0.15, 0.2) is 0 Å². The molecule has 4 N–H and O–H groups in total. The third kappa shape index (κ3) is 3.43. The number of hydrogen-bond acceptors (Lipinski definition) is 4. The van der Waals surface area contributed by atoms with Crippen molar-refractivity contribution in [1.82, 2.24) is 0 Å². The van der Waals surface area contributed by atoms with E-state index in [1.54, 1.807) is 0 Å². The number of allylic oxidation sites excluding steroid dienone is 2. The summed E-state index contributed by atoms with van der Waals surface area (Å²) in [5, 5.41) is 12.9. The molecule has 0 saturated carbocycles. The van der Waals surface area contributed by atoms with Crippen LogP contribution in [0.1, 0.15) is 48.2 Å². The molecule has 2 aromatic rings. The molecular formula is C23H24N2O4S. The number of nitrogens with two attached hydrogens (primary N) is 1. The average molecular weight is 425 g/mol. The summed E-state index contributed by atoms with van der Waals surface area (Å²) in [7, 11) is 0. The van der Waals surface area contributed by atoms with Crippen molar-refractivity contribution in [1.29, 1.82) is 0 Å². The van der Waals surface area contributed by atoms with Crippen LogP contribution in [0.4, 0.5) is 5.00 Å². The van der Waals surface area contributed by atoms with Gasteiger partial charge in [-0.3, -0.25) is 14.4 Å². The fourth-order valence-electron chi connectivity index (χ4n) is 4.52. The van der Waals surface area contributed by atoms with E-state index < -0.39 is 23.7 Å². The predicted octanol–water partition coefficient (Wildman–Crippen LogP) is 4.00. The second-order valence-electron chi connectivity index (χ2n) is 8.14. The van der Waals surface area contributed by atoms with Gasteiger partial charge < -0.3 is 16.2 Å². The highest BCUT2D eigenvalue weighted by molar-refractivity contribution is 7.20. The molecule has 0 spiro atoms. The number of primary amides is 1. The first kappa shape index (κ1) is 20.3. The van der Waals surface area contributed by atoms with Gasteiger partial charge in [-0.25, -0.2) is 0 Å². The highest BCUT2D eigenvalue weighted by Crippen LogP contribution is 2.45. The van der Waals surface area contributed by atoms with E-state index in [4.69, 9.17) is 5.73 Å². The van der Waals surface area contributed by atoms with E-state index in [1.807, 2.05) is 32.0 Å². The Hall–Kier alpha value is -2.93. The molecule has 2 atom stereocenters. The summed E-state index contributed by atoms with van der Waals surface area (Å²) in [5.74, 6) is -3.38. The Morgan fingerprint density at radius 2 is 1.73 bits per heavy atom. The second kappa shape index (κ2) is 7.72. The van der Waals surface area contributed by atoms with Crippen LogP contribution in [0.2, 0.25) is 0 Å². The number of nitrogens with one attached hydrogen (secondary N) is 1. The monoisotopic (exact) mass is 424 g/mol. The SMILES string of the molecule is CC1=C(C)C[C@@H](C(=O)Nc2sc3c(c2C(N)=O)CCc2ccccc2-3)[C@@H](C(=O)O)C1. The summed E-state index contributed by atoms with van der Waals surface area (Å²) in [6.07, 6.45) is 2.24. The first-order chi connectivity index (χ1) is 14.3. The highest BCUT2D eigenvalue weighted by atomic mass is 32.1. The van der Waals surface area contributed by atoms with Gasteiger partial charge in [-0.1, -0.05) is 35.4 Å². The van der Waals surface area contributed by atoms with Crippen molar-refractivity contribution in [3.8, 4) is 10.4 Å². The predicted molar refractivity (Wildman–Crippen MR) is 117 cm³/mol. The van der Waals surface area contributed by atoms with Gasteiger partial charge in [0.25, 0.3) is 5.91 Å². The van der Waals surface area contributed by atoms with Crippen LogP contribution in [0, 0.1) is 11.8 Å². The largest absolute Gasteiger partial charge is 0.481 e. The molecule has 2 amide bonds. The quantitative estimate of drug-likeness (QED) is 0.645. The van der Waals surface area contributed by atoms with Crippen LogP contribution < -0.4 is 11.1 Å². The zero-order valence-corrected chi connectivity index (χ0v) is 17.8. The molecule has 2 aliphatic carbocycles. The summed E-state index contributed by atoms with van der Waals surface area (Å²) in [4.78, 5) is 38.1. The summed E-state index contributed by atoms with van der Waals surface area (Å²) < 4.78 is 0. The zero-order chi connectivity index (χ0) is 21.6. The van der Waals surface area contributed by atoms with Gasteiger partial charge in [-0.05, 0) is 56.2 Å². The van der Waals surface area contributed by atoms with Gasteiger partial charge in [0.1, 0.15) is 5.00 Å². The highest BCUT2D eigenvalue weighted by Gasteiger charge is 2.38. The second-order valence-corrected chi connectivity index (χ2v) is 9.17. The van der Waals surface area contributed by atoms with Crippen LogP contribution in [0.15, 0.2) is 35.4 Å². The lowest BCUT2D eigenvalue weighted by atomic mass is 9.76. The fourth-order valence-corrected chi connectivity index (χ4v) is 5.84. The number of amides is 2. The molecular weight excluding hydrogens is 400 g/mol. The number of carbonyl (C=O) groups is 3. The van der Waals surface area contributed by atoms with Crippen LogP contribution in [0.25, 0.3) is 10.4 Å². The molecule has 0 bridgehead atoms. The van der Waals surface area contributed by atoms with Gasteiger partial charge in [0.05, 0.1) is 17.4 Å². The van der Waals surface area contributed by atoms with Crippen LogP contribution in [0.5, 0.6) is 0 Å². The Labute approximate surface area is 178 Å². The molecule has 6 nitrogen and oxygen atoms in total. The molecule has 0 radical (unpaired) electrons. The Morgan fingerprint density at radius 1 is 1.07 bits per heavy atom. The number of carboxylic acids is 1. The summed E-state index contributed by atoms with van der Waals surface area (Å²) in [6.45, 7) is 3.85. The molecule has 30 heavy (non-hydrogen) atoms. The van der Waals surface area contributed by atoms with Gasteiger partial charge in [0.2, 0.25) is 5.91 Å². The van der Waals surface area contributed by atoms with E-state index in [0.29, 0.717) is 29.8 Å². The minimum atomic E-state index is -0.975. The Kier molecular flexibility index (Phi) is 5.24. The van der Waals surface area contributed by atoms with Crippen LogP contribution in [-0.2, 0) is 22.4 Å². The molecule has 0 aliphatic heterocycles. The van der Waals surface area contributed by atoms with Gasteiger partial charge >= 0.3 is 5.97 Å². The van der Waals surface area contributed by atoms with Crippen LogP contribution in [-0.4, -0.2) is 22.9 Å². The number of aryl methyl sites for hydroxylation is 1. The van der Waals surface area contributed by atoms with Crippen molar-refractivity contribution in [3.05, 3.63) is 52.1 Å². The van der Waals surface area contributed by atoms with Crippen molar-refractivity contribution < 1.29 is 19.5 Å². The smallest absolute Gasteiger partial charge is 0.307 e. The third-order valence-electron chi connectivity index (χ3n) is 6.32. The van der Waals surface area contributed by atoms with Gasteiger partial charge in [-0.2, -0.15) is 0 Å². The molecule has 2 aliphatic rings. The first-order valence-electron chi connectivity index (χ1n) is 10.0. The van der Waals surface area contributed by atoms with E-state index in [9.17, 15) is 19.5 Å². The van der Waals surface area contributed by atoms with Crippen molar-refractivity contribution in [3.63, 3.8) is 0 Å². The number of hydrogen-bond donors (Lipinski definition) is 3. The fraction of sp³-hybridized carbons (Fsp3) is 0.348. The zero-order valence-electron chi connectivity index (χ0n) is 17.0. The normalized spacial score (nSPS) is 20.3. The van der Waals surface area contributed by atoms with Crippen molar-refractivity contribution in [2.75, 3.05) is 5.32 Å². The Balaban J connectivity index is 1.70. The van der Waals surface area contributed by atoms with E-state index >= 15 is 0 Å². The van der Waals surface area contributed by atoms with Crippen LogP contribution in [0.3, 0.4) is 0 Å². The minimum absolute atomic E-state index is 0.351. The lowest BCUT2D eigenvalue weighted by Crippen LogP contribution is -2.36. The first-order valence-corrected chi connectivity index (χ1v) is 10.8. The van der Waals surface area contributed by atoms with E-state index in [1.165, 1.54) is 16.9 Å². The molecule has 156 valence electrons. The Bertz CT molecular complexity index is 1100. The maximum atomic E-state index is 13.1. The molecule has 0 fully saturated rings. The minimum Gasteiger partial charge on any atom is -0.481 e. The van der Waals surface area contributed by atoms with E-state index in [2.05, 4.69) is 11.4 Å². The van der Waals surface area contributed by atoms with Gasteiger partial charge in [-0.15, -0.1) is 11.3 Å². The molecule has 7 heteroatoms. The standard InChI is InChI=1S/C23H24N2O4S/c1-11-9-16(17(23(28)29)10-12(11)2)21(27)25-22-18(20(24)26)15-8-7-13-5-3-4-6-14(13)19(15)30-22/h3-6,16-17H,7-10H2,1-2H3,(H2,24,26)(H,25,27)(H,28,29)/t16-,17+/m1/s1. The molecule has 1 heterocycles. The molecule has 1 aromatic carbocycles. The molecule has 0 unspecified atom stereocenters. The maximum Gasteiger partial charge on any atom is 0.307 e. The van der Waals surface area contributed by atoms with Crippen molar-refractivity contribution in [2.24, 2.45) is 17.6 Å². The van der Waals surface area contributed by atoms with E-state index in [0.717, 1.165) is 33.6 Å². The topological polar surface area (TPSA) is 109 Å². The Morgan fingerprint density at radius 3 is 2.40 bits per heavy atom. The summed E-state index contributed by atoms with van der Waals surface area (Å²) in [5.41, 5.74) is 11.2. The molecule has 4 rings (SSSR count). The molecule has 0 saturated heterocycles. The maximum absolute atomic E-state index is 13.1. The number of thiophene rings is 1. The lowest BCUT2D eigenvalue weighted by molar-refractivity contribution is -0.146. The van der Waals surface area contributed by atoms with Crippen molar-refractivity contribution in [2.45, 2.75) is 39.5 Å². The number of rotatable bonds is 4. The van der Waals surface area contributed by atoms with Gasteiger partial charge in [0, 0.05) is 4.88 Å². The number of carbonyl (C=O) groups excluding carboxylic acids is 2. The third-order valence-corrected chi connectivity index (χ3v) is 7.50. The average Bonchev–Trinajstić information content (AvgIpc) is 3.08. The lowest BCUT2D eigenvalue weighted by Gasteiger charge is -2.29. The summed E-state index contributed by atoms with van der Waals surface area (Å²) in [6, 6.07) is 8.02. The van der Waals surface area contributed by atoms with Crippen molar-refractivity contribution >= 4 is 34.1 Å². The summed E-state index contributed by atoms with van der Waals surface area (Å²) >= 11 is 1.34.